The maximum Gasteiger partial charge on any atom is 0.145 e. The summed E-state index contributed by atoms with van der Waals surface area (Å²) >= 11 is 0. The fourth-order valence-corrected chi connectivity index (χ4v) is 20.1. The highest BCUT2D eigenvalue weighted by Gasteiger charge is 2.27. The minimum Gasteiger partial charge on any atom is -0.455 e. The van der Waals surface area contributed by atoms with Gasteiger partial charge >= 0.3 is 0 Å². The van der Waals surface area contributed by atoms with Gasteiger partial charge in [0.25, 0.3) is 0 Å². The Morgan fingerprint density at radius 2 is 0.625 bits per heavy atom. The molecule has 0 aliphatic carbocycles. The molecule has 0 saturated heterocycles. The molecular formula is C120H68N12O4. The average Bonchev–Trinajstić information content (AvgIpc) is 1.57. The highest BCUT2D eigenvalue weighted by Crippen LogP contribution is 2.48. The molecule has 0 bridgehead atoms. The minimum absolute atomic E-state index is 0.401. The van der Waals surface area contributed by atoms with Gasteiger partial charge in [-0.3, -0.25) is 9.97 Å². The Morgan fingerprint density at radius 3 is 1.07 bits per heavy atom. The van der Waals surface area contributed by atoms with Crippen molar-refractivity contribution in [2.45, 2.75) is 0 Å². The molecule has 0 aliphatic heterocycles. The topological polar surface area (TPSA) is 219 Å². The zero-order chi connectivity index (χ0) is 90.6. The molecule has 16 aromatic carbocycles. The summed E-state index contributed by atoms with van der Waals surface area (Å²) in [5, 5.41) is 55.4. The Labute approximate surface area is 774 Å². The second-order valence-corrected chi connectivity index (χ2v) is 33.4. The second kappa shape index (κ2) is 32.3. The number of fused-ring (bicyclic) bond motifs is 28. The maximum absolute atomic E-state index is 9.57. The lowest BCUT2D eigenvalue weighted by Gasteiger charge is -2.13. The lowest BCUT2D eigenvalue weighted by Crippen LogP contribution is -1.98. The number of nitriles is 4. The lowest BCUT2D eigenvalue weighted by atomic mass is 10.0. The Bertz CT molecular complexity index is 10000. The van der Waals surface area contributed by atoms with Crippen LogP contribution < -0.4 is 0 Å². The average molecular weight is 1740 g/mol. The molecule has 0 atom stereocenters. The van der Waals surface area contributed by atoms with E-state index in [-0.39, 0.29) is 0 Å². The number of hydrogen-bond acceptors (Lipinski definition) is 12. The van der Waals surface area contributed by atoms with Crippen LogP contribution in [0.4, 0.5) is 0 Å². The van der Waals surface area contributed by atoms with E-state index < -0.39 is 0 Å². The molecule has 0 aliphatic rings. The molecule has 632 valence electrons. The number of benzene rings is 16. The summed E-state index contributed by atoms with van der Waals surface area (Å²) < 4.78 is 34.7. The van der Waals surface area contributed by atoms with E-state index in [0.717, 1.165) is 242 Å². The van der Waals surface area contributed by atoms with Crippen LogP contribution in [-0.2, 0) is 0 Å². The smallest absolute Gasteiger partial charge is 0.145 e. The molecule has 136 heavy (non-hydrogen) atoms. The van der Waals surface area contributed by atoms with Gasteiger partial charge in [0.05, 0.1) is 99.6 Å². The number of nitrogens with zero attached hydrogens (tertiary/aromatic N) is 12. The Balaban J connectivity index is 0.0000000965. The third-order valence-electron chi connectivity index (χ3n) is 26.0. The number of rotatable bonds is 8. The van der Waals surface area contributed by atoms with E-state index in [1.54, 1.807) is 30.9 Å². The third-order valence-corrected chi connectivity index (χ3v) is 26.0. The molecule has 0 N–H and O–H groups in total. The summed E-state index contributed by atoms with van der Waals surface area (Å²) in [5.41, 5.74) is 29.4. The van der Waals surface area contributed by atoms with E-state index in [9.17, 15) is 21.0 Å². The zero-order valence-electron chi connectivity index (χ0n) is 72.3. The Hall–Kier alpha value is -19.5. The van der Waals surface area contributed by atoms with Gasteiger partial charge < -0.3 is 35.9 Å². The second-order valence-electron chi connectivity index (χ2n) is 33.4. The number of furan rings is 4. The number of aromatic nitrogens is 8. The maximum atomic E-state index is 9.57. The first-order chi connectivity index (χ1) is 67.3. The zero-order valence-corrected chi connectivity index (χ0v) is 72.3. The fraction of sp³-hybridized carbons (Fsp3) is 0. The predicted molar refractivity (Wildman–Crippen MR) is 544 cm³/mol. The summed E-state index contributed by atoms with van der Waals surface area (Å²) in [5.74, 6) is 0. The van der Waals surface area contributed by atoms with Gasteiger partial charge in [0.15, 0.2) is 0 Å². The number of pyridine rings is 4. The van der Waals surface area contributed by atoms with Crippen LogP contribution in [-0.4, -0.2) is 38.2 Å². The van der Waals surface area contributed by atoms with Crippen molar-refractivity contribution >= 4 is 175 Å². The molecule has 12 aromatic heterocycles. The van der Waals surface area contributed by atoms with Crippen molar-refractivity contribution in [2.24, 2.45) is 0 Å². The highest BCUT2D eigenvalue weighted by atomic mass is 16.3. The van der Waals surface area contributed by atoms with Crippen molar-refractivity contribution in [3.8, 4) is 91.8 Å². The van der Waals surface area contributed by atoms with Crippen LogP contribution in [0, 0.1) is 45.3 Å². The number of hydrogen-bond donors (Lipinski definition) is 0. The van der Waals surface area contributed by atoms with Crippen molar-refractivity contribution in [2.75, 3.05) is 0 Å². The minimum atomic E-state index is 0.401. The molecule has 0 radical (unpaired) electrons. The molecular weight excluding hydrogens is 1670 g/mol. The van der Waals surface area contributed by atoms with Gasteiger partial charge in [-0.1, -0.05) is 212 Å². The SMILES string of the molecule is N#Cc1cc(-c2cccc(-n3c4ccccc4c4c5oc6ccccc6c5ccc43)c2)ccn1.N#Cc1ccc(-c2ccccc2-n2c3ccccc3c3c4oc5ccccc5c4ccc32)nc1.N#Cc1cccc(-c2ccccc2-n2c3ccccc3c3c4oc5ccccc5c4ccc32)n1.N#Cc1cnccc1-c1cccc(-n2c3ccccc3c3c4oc5ccccc5c4ccc32)c1. The molecule has 16 heteroatoms. The van der Waals surface area contributed by atoms with Crippen molar-refractivity contribution < 1.29 is 17.7 Å². The van der Waals surface area contributed by atoms with Gasteiger partial charge in [-0.25, -0.2) is 9.97 Å². The molecule has 16 nitrogen and oxygen atoms in total. The van der Waals surface area contributed by atoms with Gasteiger partial charge in [0, 0.05) is 117 Å². The van der Waals surface area contributed by atoms with Gasteiger partial charge in [-0.15, -0.1) is 0 Å². The summed E-state index contributed by atoms with van der Waals surface area (Å²) in [4.78, 5) is 17.4. The molecule has 0 unspecified atom stereocenters. The van der Waals surface area contributed by atoms with Crippen LogP contribution in [0.25, 0.3) is 242 Å². The summed E-state index contributed by atoms with van der Waals surface area (Å²) in [6, 6.07) is 141. The van der Waals surface area contributed by atoms with Crippen LogP contribution >= 0.6 is 0 Å². The van der Waals surface area contributed by atoms with Crippen molar-refractivity contribution in [1.82, 2.24) is 38.2 Å². The van der Waals surface area contributed by atoms with Crippen molar-refractivity contribution in [3.05, 3.63) is 436 Å². The lowest BCUT2D eigenvalue weighted by molar-refractivity contribution is 0.672. The van der Waals surface area contributed by atoms with Crippen LogP contribution in [0.15, 0.2) is 431 Å². The monoisotopic (exact) mass is 1740 g/mol. The van der Waals surface area contributed by atoms with E-state index in [1.165, 1.54) is 0 Å². The van der Waals surface area contributed by atoms with E-state index in [4.69, 9.17) is 17.7 Å². The van der Waals surface area contributed by atoms with Crippen LogP contribution in [0.2, 0.25) is 0 Å². The summed E-state index contributed by atoms with van der Waals surface area (Å²) in [6.07, 6.45) is 6.64. The van der Waals surface area contributed by atoms with E-state index >= 15 is 0 Å². The predicted octanol–water partition coefficient (Wildman–Crippen LogP) is 30.5. The summed E-state index contributed by atoms with van der Waals surface area (Å²) in [7, 11) is 0. The Kier molecular flexibility index (Phi) is 18.7. The van der Waals surface area contributed by atoms with Gasteiger partial charge in [-0.05, 0) is 193 Å². The van der Waals surface area contributed by atoms with E-state index in [1.807, 2.05) is 152 Å². The van der Waals surface area contributed by atoms with Gasteiger partial charge in [-0.2, -0.15) is 21.0 Å². The van der Waals surface area contributed by atoms with Crippen LogP contribution in [0.3, 0.4) is 0 Å². The molecule has 0 fully saturated rings. The molecule has 0 spiro atoms. The van der Waals surface area contributed by atoms with E-state index in [2.05, 4.69) is 293 Å². The first-order valence-electron chi connectivity index (χ1n) is 44.5. The fourth-order valence-electron chi connectivity index (χ4n) is 20.1. The highest BCUT2D eigenvalue weighted by molar-refractivity contribution is 6.28. The molecule has 28 aromatic rings. The molecule has 28 rings (SSSR count). The first kappa shape index (κ1) is 78.7. The van der Waals surface area contributed by atoms with Crippen molar-refractivity contribution in [3.63, 3.8) is 0 Å². The largest absolute Gasteiger partial charge is 0.455 e. The number of para-hydroxylation sites is 10. The Morgan fingerprint density at radius 1 is 0.235 bits per heavy atom. The van der Waals surface area contributed by atoms with Crippen molar-refractivity contribution in [1.29, 1.82) is 21.0 Å². The third kappa shape index (κ3) is 12.8. The van der Waals surface area contributed by atoms with Crippen LogP contribution in [0.1, 0.15) is 22.5 Å². The van der Waals surface area contributed by atoms with Gasteiger partial charge in [0.1, 0.15) is 80.3 Å². The van der Waals surface area contributed by atoms with Crippen LogP contribution in [0.5, 0.6) is 0 Å². The normalized spacial score (nSPS) is 11.5. The molecule has 12 heterocycles. The van der Waals surface area contributed by atoms with E-state index in [0.29, 0.717) is 22.5 Å². The van der Waals surface area contributed by atoms with Gasteiger partial charge in [0.2, 0.25) is 0 Å². The molecule has 0 amide bonds. The first-order valence-corrected chi connectivity index (χ1v) is 44.5. The quantitative estimate of drug-likeness (QED) is 0.139. The standard InChI is InChI=1S/4C30H17N3O/c31-18-19-8-7-12-24(32-19)22-10-1-4-13-25(22)33-26-14-5-2-11-23(26)29-27(33)17-16-21-20-9-3-6-15-28(20)34-30(21)29;31-17-19-13-15-24(32-18-19)22-8-1-4-10-25(22)33-26-11-5-2-9-23(26)29-27(33)16-14-21-20-7-3-6-12-28(20)34-30(21)29;31-18-21-16-20(14-15-32-21)19-6-5-7-22(17-19)33-26-10-3-1-9-25(26)29-27(33)13-12-24-23-8-2-4-11-28(23)34-30(24)29;31-17-20-18-32-15-14-22(20)19-6-5-7-21(16-19)33-26-10-3-1-9-25(26)29-27(33)13-12-24-23-8-2-4-11-28(23)34-30(24)29/h1-17H;1-16,18H;1-17H;1-16,18H. The summed E-state index contributed by atoms with van der Waals surface area (Å²) in [6.45, 7) is 0. The molecule has 0 saturated carbocycles.